The number of nitriles is 1. The number of rotatable bonds is 8. The Bertz CT molecular complexity index is 1190. The van der Waals surface area contributed by atoms with E-state index in [1.54, 1.807) is 5.01 Å². The summed E-state index contributed by atoms with van der Waals surface area (Å²) in [5.41, 5.74) is 5.16. The normalized spacial score (nSPS) is 23.1. The number of nitrogens with one attached hydrogen (secondary N) is 1. The van der Waals surface area contributed by atoms with Gasteiger partial charge in [-0.1, -0.05) is 19.1 Å². The molecule has 0 bridgehead atoms. The van der Waals surface area contributed by atoms with Crippen molar-refractivity contribution in [3.63, 3.8) is 0 Å². The van der Waals surface area contributed by atoms with Crippen molar-refractivity contribution >= 4 is 25.0 Å². The summed E-state index contributed by atoms with van der Waals surface area (Å²) in [4.78, 5) is 29.2. The van der Waals surface area contributed by atoms with Gasteiger partial charge in [0.2, 0.25) is 5.82 Å². The van der Waals surface area contributed by atoms with Crippen LogP contribution in [0.3, 0.4) is 0 Å². The van der Waals surface area contributed by atoms with Crippen molar-refractivity contribution in [2.24, 2.45) is 11.8 Å². The minimum Gasteiger partial charge on any atom is -0.306 e. The second kappa shape index (κ2) is 13.1. The van der Waals surface area contributed by atoms with Crippen molar-refractivity contribution < 1.29 is 4.79 Å². The Labute approximate surface area is 239 Å². The third-order valence-corrected chi connectivity index (χ3v) is 8.82. The number of hydrazine groups is 1. The summed E-state index contributed by atoms with van der Waals surface area (Å²) >= 11 is 0. The van der Waals surface area contributed by atoms with Crippen LogP contribution in [0.15, 0.2) is 30.5 Å². The van der Waals surface area contributed by atoms with Crippen LogP contribution >= 0.6 is 0 Å². The number of hydrogen-bond donors (Lipinski definition) is 1. The van der Waals surface area contributed by atoms with Crippen molar-refractivity contribution in [2.45, 2.75) is 51.6 Å². The number of anilines is 1. The highest BCUT2D eigenvalue weighted by Gasteiger charge is 2.31. The standard InChI is InChI=1S/C30H41BN8O/c1-22-3-8-26(17-22)39(29-27(31)19-33-28(18-32)34-29)35-30(40)25-6-4-23(5-7-25)20-37-13-15-38(16-14-37)21-24-9-11-36(2)12-10-24/h4-7,19,22,24,26H,3,8-17,20-21H2,1-2H3,(H,35,40). The van der Waals surface area contributed by atoms with Gasteiger partial charge in [-0.05, 0) is 87.2 Å². The molecule has 5 rings (SSSR count). The highest BCUT2D eigenvalue weighted by Crippen LogP contribution is 2.30. The van der Waals surface area contributed by atoms with E-state index in [1.165, 1.54) is 44.2 Å². The van der Waals surface area contributed by atoms with Crippen LogP contribution in [0.2, 0.25) is 0 Å². The number of amides is 1. The fraction of sp³-hybridized carbons (Fsp3) is 0.600. The van der Waals surface area contributed by atoms with Crippen LogP contribution < -0.4 is 15.9 Å². The van der Waals surface area contributed by atoms with Crippen LogP contribution in [0.4, 0.5) is 5.82 Å². The average Bonchev–Trinajstić information content (AvgIpc) is 3.40. The highest BCUT2D eigenvalue weighted by atomic mass is 16.2. The van der Waals surface area contributed by atoms with Crippen LogP contribution in [0.1, 0.15) is 60.8 Å². The number of benzene rings is 1. The third-order valence-electron chi connectivity index (χ3n) is 8.82. The predicted molar refractivity (Wildman–Crippen MR) is 157 cm³/mol. The molecule has 2 unspecified atom stereocenters. The first-order chi connectivity index (χ1) is 19.4. The van der Waals surface area contributed by atoms with E-state index in [0.717, 1.165) is 57.9 Å². The molecule has 2 saturated heterocycles. The van der Waals surface area contributed by atoms with E-state index in [-0.39, 0.29) is 17.8 Å². The summed E-state index contributed by atoms with van der Waals surface area (Å²) in [5, 5.41) is 11.1. The van der Waals surface area contributed by atoms with Crippen molar-refractivity contribution in [2.75, 3.05) is 57.9 Å². The Morgan fingerprint density at radius 1 is 1.07 bits per heavy atom. The molecule has 210 valence electrons. The number of nitrogens with zero attached hydrogens (tertiary/aromatic N) is 7. The van der Waals surface area contributed by atoms with Gasteiger partial charge in [-0.2, -0.15) is 5.26 Å². The van der Waals surface area contributed by atoms with E-state index in [9.17, 15) is 10.1 Å². The second-order valence-electron chi connectivity index (χ2n) is 12.0. The van der Waals surface area contributed by atoms with Gasteiger partial charge in [0.05, 0.1) is 6.04 Å². The van der Waals surface area contributed by atoms with Gasteiger partial charge in [-0.3, -0.25) is 20.1 Å². The van der Waals surface area contributed by atoms with Gasteiger partial charge in [-0.15, -0.1) is 0 Å². The van der Waals surface area contributed by atoms with Crippen molar-refractivity contribution in [3.8, 4) is 6.07 Å². The van der Waals surface area contributed by atoms with Gasteiger partial charge in [-0.25, -0.2) is 9.97 Å². The first-order valence-electron chi connectivity index (χ1n) is 14.7. The first kappa shape index (κ1) is 28.5. The largest absolute Gasteiger partial charge is 0.306 e. The SMILES string of the molecule is [B]c1cnc(C#N)nc1N(NC(=O)c1ccc(CN2CCN(CC3CCN(C)CC3)CC2)cc1)C1CCC(C)C1. The maximum atomic E-state index is 13.3. The second-order valence-corrected chi connectivity index (χ2v) is 12.0. The van der Waals surface area contributed by atoms with E-state index in [4.69, 9.17) is 7.85 Å². The number of piperazine rings is 1. The number of carbonyl (C=O) groups excluding carboxylic acids is 1. The summed E-state index contributed by atoms with van der Waals surface area (Å²) in [6.45, 7) is 11.2. The average molecular weight is 541 g/mol. The minimum atomic E-state index is -0.217. The van der Waals surface area contributed by atoms with Gasteiger partial charge in [0.1, 0.15) is 19.7 Å². The van der Waals surface area contributed by atoms with E-state index in [1.807, 2.05) is 18.2 Å². The summed E-state index contributed by atoms with van der Waals surface area (Å²) in [5.74, 6) is 1.57. The molecule has 3 heterocycles. The van der Waals surface area contributed by atoms with E-state index >= 15 is 0 Å². The molecule has 10 heteroatoms. The zero-order valence-corrected chi connectivity index (χ0v) is 23.9. The minimum absolute atomic E-state index is 0.0292. The van der Waals surface area contributed by atoms with Crippen molar-refractivity contribution in [1.29, 1.82) is 5.26 Å². The van der Waals surface area contributed by atoms with Crippen LogP contribution in [-0.4, -0.2) is 97.3 Å². The Balaban J connectivity index is 1.16. The zero-order valence-electron chi connectivity index (χ0n) is 23.9. The molecule has 3 fully saturated rings. The molecule has 3 aliphatic rings. The molecule has 1 aliphatic carbocycles. The molecular formula is C30H41BN8O. The Hall–Kier alpha value is -3.00. The van der Waals surface area contributed by atoms with E-state index in [2.05, 4.69) is 56.2 Å². The van der Waals surface area contributed by atoms with Crippen LogP contribution in [-0.2, 0) is 6.54 Å². The number of aromatic nitrogens is 2. The number of carbonyl (C=O) groups is 1. The van der Waals surface area contributed by atoms with Crippen molar-refractivity contribution in [1.82, 2.24) is 30.1 Å². The smallest absolute Gasteiger partial charge is 0.269 e. The molecule has 2 atom stereocenters. The molecule has 9 nitrogen and oxygen atoms in total. The molecule has 2 aromatic rings. The van der Waals surface area contributed by atoms with Gasteiger partial charge in [0.15, 0.2) is 0 Å². The molecule has 0 spiro atoms. The summed E-state index contributed by atoms with van der Waals surface area (Å²) < 4.78 is 0. The van der Waals surface area contributed by atoms with Crippen LogP contribution in [0, 0.1) is 23.2 Å². The number of piperidine rings is 1. The van der Waals surface area contributed by atoms with E-state index < -0.39 is 0 Å². The molecule has 1 saturated carbocycles. The quantitative estimate of drug-likeness (QED) is 0.402. The maximum Gasteiger partial charge on any atom is 0.269 e. The lowest BCUT2D eigenvalue weighted by Crippen LogP contribution is -2.50. The van der Waals surface area contributed by atoms with Gasteiger partial charge < -0.3 is 9.80 Å². The Morgan fingerprint density at radius 2 is 1.77 bits per heavy atom. The molecule has 1 aromatic heterocycles. The molecule has 1 aromatic carbocycles. The number of hydrogen-bond acceptors (Lipinski definition) is 8. The lowest BCUT2D eigenvalue weighted by molar-refractivity contribution is 0.0943. The molecule has 40 heavy (non-hydrogen) atoms. The predicted octanol–water partition coefficient (Wildman–Crippen LogP) is 1.94. The summed E-state index contributed by atoms with van der Waals surface area (Å²) in [6.07, 6.45) is 6.96. The maximum absolute atomic E-state index is 13.3. The van der Waals surface area contributed by atoms with Gasteiger partial charge in [0, 0.05) is 51.0 Å². The molecular weight excluding hydrogens is 499 g/mol. The fourth-order valence-corrected chi connectivity index (χ4v) is 6.29. The Morgan fingerprint density at radius 3 is 2.42 bits per heavy atom. The van der Waals surface area contributed by atoms with Crippen LogP contribution in [0.25, 0.3) is 0 Å². The molecule has 1 amide bonds. The topological polar surface area (TPSA) is 91.6 Å². The monoisotopic (exact) mass is 540 g/mol. The van der Waals surface area contributed by atoms with Crippen molar-refractivity contribution in [3.05, 3.63) is 47.4 Å². The number of likely N-dealkylation sites (tertiary alicyclic amines) is 1. The zero-order chi connectivity index (χ0) is 28.1. The molecule has 2 aliphatic heterocycles. The first-order valence-corrected chi connectivity index (χ1v) is 14.7. The summed E-state index contributed by atoms with van der Waals surface area (Å²) in [6, 6.07) is 9.91. The molecule has 2 radical (unpaired) electrons. The highest BCUT2D eigenvalue weighted by molar-refractivity contribution is 6.35. The fourth-order valence-electron chi connectivity index (χ4n) is 6.29. The third kappa shape index (κ3) is 7.20. The van der Waals surface area contributed by atoms with Gasteiger partial charge >= 0.3 is 0 Å². The Kier molecular flexibility index (Phi) is 9.35. The lowest BCUT2D eigenvalue weighted by atomic mass is 9.96. The summed E-state index contributed by atoms with van der Waals surface area (Å²) in [7, 11) is 8.42. The van der Waals surface area contributed by atoms with E-state index in [0.29, 0.717) is 22.8 Å². The molecule has 1 N–H and O–H groups in total. The van der Waals surface area contributed by atoms with Crippen LogP contribution in [0.5, 0.6) is 0 Å². The lowest BCUT2D eigenvalue weighted by Gasteiger charge is -2.38. The van der Waals surface area contributed by atoms with Gasteiger partial charge in [0.25, 0.3) is 5.91 Å².